The lowest BCUT2D eigenvalue weighted by molar-refractivity contribution is -0.193. The number of hydrogen-bond donors (Lipinski definition) is 3. The van der Waals surface area contributed by atoms with Crippen molar-refractivity contribution in [2.45, 2.75) is 157 Å². The number of aliphatic carboxylic acids is 1. The zero-order chi connectivity index (χ0) is 46.3. The molecule has 10 nitrogen and oxygen atoms in total. The summed E-state index contributed by atoms with van der Waals surface area (Å²) in [4.78, 5) is 67.4. The Balaban J connectivity index is 0.948. The normalized spacial score (nSPS) is 37.7. The van der Waals surface area contributed by atoms with E-state index in [0.717, 1.165) is 63.4 Å². The Labute approximate surface area is 386 Å². The van der Waals surface area contributed by atoms with E-state index in [1.165, 1.54) is 5.57 Å². The van der Waals surface area contributed by atoms with Crippen molar-refractivity contribution in [1.82, 2.24) is 10.6 Å². The number of ether oxygens (including phenoxy) is 2. The van der Waals surface area contributed by atoms with Crippen LogP contribution >= 0.6 is 11.6 Å². The highest BCUT2D eigenvalue weighted by molar-refractivity contribution is 6.30. The van der Waals surface area contributed by atoms with Crippen LogP contribution in [0.1, 0.15) is 156 Å². The van der Waals surface area contributed by atoms with Gasteiger partial charge in [0.15, 0.2) is 5.78 Å². The first-order chi connectivity index (χ1) is 30.0. The Hall–Kier alpha value is -3.24. The number of carbonyl (C=O) groups excluding carboxylic acids is 4. The predicted octanol–water partition coefficient (Wildman–Crippen LogP) is 10.0. The molecule has 7 aliphatic rings. The summed E-state index contributed by atoms with van der Waals surface area (Å²) < 4.78 is 11.6. The van der Waals surface area contributed by atoms with Gasteiger partial charge in [0.05, 0.1) is 30.2 Å². The first-order valence-corrected chi connectivity index (χ1v) is 25.1. The second-order valence-corrected chi connectivity index (χ2v) is 24.2. The van der Waals surface area contributed by atoms with Crippen molar-refractivity contribution in [1.29, 1.82) is 0 Å². The van der Waals surface area contributed by atoms with Crippen molar-refractivity contribution in [3.8, 4) is 5.75 Å². The molecule has 1 aromatic carbocycles. The molecule has 1 aromatic rings. The van der Waals surface area contributed by atoms with E-state index in [1.807, 2.05) is 20.8 Å². The molecule has 1 heterocycles. The van der Waals surface area contributed by atoms with Crippen LogP contribution in [-0.4, -0.2) is 65.9 Å². The van der Waals surface area contributed by atoms with Gasteiger partial charge in [-0.3, -0.25) is 24.0 Å². The Bertz CT molecular complexity index is 2090. The SMILES string of the molecule is CC(C)C1=C2C3CCC4C(C)(CCC5C(C)(C)C(CC(=O)C6CC(C(=O)O)C6C)CCC54C)C3CCC2(CC(=O)NCC(C)(C)NC(=O)c2ccc(Cl)cc2OC2CCOC2)CC1=O. The van der Waals surface area contributed by atoms with Gasteiger partial charge in [-0.2, -0.15) is 0 Å². The minimum atomic E-state index is -0.783. The van der Waals surface area contributed by atoms with Gasteiger partial charge >= 0.3 is 5.97 Å². The van der Waals surface area contributed by atoms with Crippen LogP contribution in [0.3, 0.4) is 0 Å². The standard InChI is InChI=1S/C53H75ClN2O8/c1-29(2)45-40(58)25-53(26-44(59)55-28-49(4,5)56-47(60)35-11-10-32(54)23-41(35)64-33-17-21-63-27-33)20-15-38-34(46(45)53)12-13-43-51(38,8)19-16-42-50(6,7)31(14-18-52(42,43)9)22-39(57)36-24-37(30(36)3)48(61)62/h10-11,23,29-31,33-34,36-38,42-43H,12-22,24-28H2,1-9H3,(H,55,59)(H,56,60)(H,61,62). The largest absolute Gasteiger partial charge is 0.487 e. The molecule has 6 fully saturated rings. The molecule has 0 radical (unpaired) electrons. The molecule has 2 amide bonds. The van der Waals surface area contributed by atoms with Crippen molar-refractivity contribution in [3.05, 3.63) is 39.9 Å². The summed E-state index contributed by atoms with van der Waals surface area (Å²) in [5.41, 5.74) is 1.61. The van der Waals surface area contributed by atoms with Gasteiger partial charge in [0.2, 0.25) is 5.91 Å². The van der Waals surface area contributed by atoms with E-state index in [0.29, 0.717) is 72.5 Å². The summed E-state index contributed by atoms with van der Waals surface area (Å²) in [6.07, 6.45) is 10.7. The lowest BCUT2D eigenvalue weighted by Gasteiger charge is -2.69. The molecule has 1 saturated heterocycles. The molecular formula is C53H75ClN2O8. The molecule has 64 heavy (non-hydrogen) atoms. The molecule has 0 bridgehead atoms. The van der Waals surface area contributed by atoms with E-state index in [1.54, 1.807) is 18.2 Å². The maximum atomic E-state index is 14.2. The quantitative estimate of drug-likeness (QED) is 0.177. The molecule has 5 saturated carbocycles. The lowest BCUT2D eigenvalue weighted by Crippen LogP contribution is -2.62. The molecule has 3 N–H and O–H groups in total. The number of carboxylic acid groups (broad SMARTS) is 1. The van der Waals surface area contributed by atoms with Gasteiger partial charge in [0.1, 0.15) is 17.6 Å². The molecule has 1 aliphatic heterocycles. The molecule has 352 valence electrons. The van der Waals surface area contributed by atoms with E-state index >= 15 is 0 Å². The molecule has 8 rings (SSSR count). The van der Waals surface area contributed by atoms with Crippen LogP contribution in [0.4, 0.5) is 0 Å². The summed E-state index contributed by atoms with van der Waals surface area (Å²) in [5, 5.41) is 16.3. The Morgan fingerprint density at radius 3 is 2.36 bits per heavy atom. The van der Waals surface area contributed by atoms with Gasteiger partial charge in [-0.25, -0.2) is 0 Å². The third kappa shape index (κ3) is 8.19. The minimum absolute atomic E-state index is 0.00424. The Morgan fingerprint density at radius 1 is 0.953 bits per heavy atom. The van der Waals surface area contributed by atoms with Gasteiger partial charge in [-0.1, -0.05) is 65.6 Å². The van der Waals surface area contributed by atoms with Gasteiger partial charge in [-0.15, -0.1) is 0 Å². The third-order valence-corrected chi connectivity index (χ3v) is 19.2. The number of allylic oxidation sites excluding steroid dienone is 2. The zero-order valence-electron chi connectivity index (χ0n) is 40.0. The van der Waals surface area contributed by atoms with Crippen molar-refractivity contribution >= 4 is 41.0 Å². The molecule has 12 atom stereocenters. The number of carboxylic acids is 1. The number of carbonyl (C=O) groups is 5. The first-order valence-electron chi connectivity index (χ1n) is 24.7. The van der Waals surface area contributed by atoms with Gasteiger partial charge in [0, 0.05) is 48.6 Å². The monoisotopic (exact) mass is 903 g/mol. The summed E-state index contributed by atoms with van der Waals surface area (Å²) >= 11 is 6.30. The van der Waals surface area contributed by atoms with Crippen LogP contribution in [0, 0.1) is 74.9 Å². The second-order valence-electron chi connectivity index (χ2n) is 23.8. The van der Waals surface area contributed by atoms with Crippen molar-refractivity contribution < 1.29 is 38.6 Å². The van der Waals surface area contributed by atoms with Crippen LogP contribution in [-0.2, 0) is 23.9 Å². The summed E-state index contributed by atoms with van der Waals surface area (Å²) in [6, 6.07) is 4.99. The van der Waals surface area contributed by atoms with E-state index in [9.17, 15) is 29.1 Å². The fourth-order valence-corrected chi connectivity index (χ4v) is 15.8. The molecule has 12 unspecified atom stereocenters. The smallest absolute Gasteiger partial charge is 0.306 e. The average Bonchev–Trinajstić information content (AvgIpc) is 3.82. The topological polar surface area (TPSA) is 148 Å². The van der Waals surface area contributed by atoms with Crippen LogP contribution in [0.15, 0.2) is 29.3 Å². The number of nitrogens with one attached hydrogen (secondary N) is 2. The van der Waals surface area contributed by atoms with Crippen LogP contribution in [0.25, 0.3) is 0 Å². The van der Waals surface area contributed by atoms with Crippen molar-refractivity contribution in [2.75, 3.05) is 19.8 Å². The van der Waals surface area contributed by atoms with Crippen molar-refractivity contribution in [3.63, 3.8) is 0 Å². The fraction of sp³-hybridized carbons (Fsp3) is 0.755. The number of rotatable bonds is 13. The highest BCUT2D eigenvalue weighted by Gasteiger charge is 2.66. The number of benzene rings is 1. The molecule has 0 spiro atoms. The summed E-state index contributed by atoms with van der Waals surface area (Å²) in [6.45, 7) is 21.3. The molecular weight excluding hydrogens is 828 g/mol. The summed E-state index contributed by atoms with van der Waals surface area (Å²) in [5.74, 6) is 1.24. The number of fused-ring (bicyclic) bond motifs is 7. The van der Waals surface area contributed by atoms with Gasteiger partial charge in [-0.05, 0) is 153 Å². The maximum Gasteiger partial charge on any atom is 0.306 e. The van der Waals surface area contributed by atoms with Crippen molar-refractivity contribution in [2.24, 2.45) is 74.9 Å². The predicted molar refractivity (Wildman–Crippen MR) is 247 cm³/mol. The van der Waals surface area contributed by atoms with E-state index < -0.39 is 22.8 Å². The lowest BCUT2D eigenvalue weighted by atomic mass is 9.35. The molecule has 11 heteroatoms. The molecule has 6 aliphatic carbocycles. The van der Waals surface area contributed by atoms with Gasteiger partial charge in [0.25, 0.3) is 5.91 Å². The zero-order valence-corrected chi connectivity index (χ0v) is 40.8. The third-order valence-electron chi connectivity index (χ3n) is 19.0. The fourth-order valence-electron chi connectivity index (χ4n) is 15.7. The maximum absolute atomic E-state index is 14.2. The van der Waals surface area contributed by atoms with Crippen LogP contribution in [0.5, 0.6) is 5.75 Å². The second kappa shape index (κ2) is 17.1. The number of halogens is 1. The Morgan fingerprint density at radius 2 is 1.69 bits per heavy atom. The summed E-state index contributed by atoms with van der Waals surface area (Å²) in [7, 11) is 0. The van der Waals surface area contributed by atoms with E-state index in [2.05, 4.69) is 52.2 Å². The van der Waals surface area contributed by atoms with E-state index in [4.69, 9.17) is 21.1 Å². The van der Waals surface area contributed by atoms with E-state index in [-0.39, 0.29) is 82.4 Å². The number of hydrogen-bond acceptors (Lipinski definition) is 7. The van der Waals surface area contributed by atoms with Crippen LogP contribution < -0.4 is 15.4 Å². The highest BCUT2D eigenvalue weighted by Crippen LogP contribution is 2.74. The highest BCUT2D eigenvalue weighted by atomic mass is 35.5. The molecule has 0 aromatic heterocycles. The average molecular weight is 904 g/mol. The number of ketones is 2. The first kappa shape index (κ1) is 47.3. The van der Waals surface area contributed by atoms with Crippen LogP contribution in [0.2, 0.25) is 5.02 Å². The van der Waals surface area contributed by atoms with Gasteiger partial charge < -0.3 is 25.2 Å². The number of Topliss-reactive ketones (excluding diaryl/α,β-unsaturated/α-hetero) is 2. The minimum Gasteiger partial charge on any atom is -0.487 e. The number of amides is 2. The Kier molecular flexibility index (Phi) is 12.6.